The first-order valence-electron chi connectivity index (χ1n) is 5.39. The molecule has 1 aromatic heterocycles. The Kier molecular flexibility index (Phi) is 3.43. The highest BCUT2D eigenvalue weighted by Gasteiger charge is 2.26. The first-order valence-corrected chi connectivity index (χ1v) is 6.47. The van der Waals surface area contributed by atoms with E-state index in [-0.39, 0.29) is 0 Å². The molecule has 2 rings (SSSR count). The van der Waals surface area contributed by atoms with Gasteiger partial charge in [0.05, 0.1) is 0 Å². The van der Waals surface area contributed by atoms with Gasteiger partial charge in [0, 0.05) is 29.1 Å². The van der Waals surface area contributed by atoms with Crippen LogP contribution in [0.5, 0.6) is 0 Å². The summed E-state index contributed by atoms with van der Waals surface area (Å²) < 4.78 is 1.09. The van der Waals surface area contributed by atoms with Crippen LogP contribution in [0.15, 0.2) is 12.4 Å². The van der Waals surface area contributed by atoms with E-state index in [1.54, 1.807) is 0 Å². The summed E-state index contributed by atoms with van der Waals surface area (Å²) in [6.07, 6.45) is 5.03. The summed E-state index contributed by atoms with van der Waals surface area (Å²) >= 11 is 2.23. The van der Waals surface area contributed by atoms with Crippen LogP contribution >= 0.6 is 22.6 Å². The summed E-state index contributed by atoms with van der Waals surface area (Å²) in [5, 5.41) is 0. The molecule has 1 saturated heterocycles. The van der Waals surface area contributed by atoms with Crippen molar-refractivity contribution < 1.29 is 0 Å². The van der Waals surface area contributed by atoms with Crippen molar-refractivity contribution in [3.63, 3.8) is 0 Å². The van der Waals surface area contributed by atoms with E-state index >= 15 is 0 Å². The van der Waals surface area contributed by atoms with Gasteiger partial charge in [-0.3, -0.25) is 0 Å². The summed E-state index contributed by atoms with van der Waals surface area (Å²) in [5.74, 6) is 2.45. The zero-order valence-corrected chi connectivity index (χ0v) is 11.3. The predicted molar refractivity (Wildman–Crippen MR) is 69.9 cm³/mol. The number of rotatable bonds is 2. The van der Waals surface area contributed by atoms with E-state index in [2.05, 4.69) is 51.3 Å². The number of anilines is 1. The lowest BCUT2D eigenvalue weighted by molar-refractivity contribution is 0.422. The Morgan fingerprint density at radius 2 is 2.07 bits per heavy atom. The van der Waals surface area contributed by atoms with Gasteiger partial charge in [0.1, 0.15) is 0 Å². The van der Waals surface area contributed by atoms with Gasteiger partial charge in [-0.05, 0) is 40.8 Å². The molecule has 0 aromatic carbocycles. The maximum Gasteiger partial charge on any atom is 0.225 e. The number of halogens is 1. The zero-order valence-electron chi connectivity index (χ0n) is 9.15. The van der Waals surface area contributed by atoms with Gasteiger partial charge in [0.2, 0.25) is 5.95 Å². The van der Waals surface area contributed by atoms with E-state index in [1.807, 2.05) is 12.4 Å². The summed E-state index contributed by atoms with van der Waals surface area (Å²) in [7, 11) is 0. The third-order valence-electron chi connectivity index (χ3n) is 3.06. The molecule has 82 valence electrons. The van der Waals surface area contributed by atoms with Crippen LogP contribution in [0.25, 0.3) is 0 Å². The minimum atomic E-state index is 0.763. The fourth-order valence-electron chi connectivity index (χ4n) is 1.98. The van der Waals surface area contributed by atoms with Crippen molar-refractivity contribution in [2.45, 2.75) is 20.3 Å². The highest BCUT2D eigenvalue weighted by molar-refractivity contribution is 14.1. The van der Waals surface area contributed by atoms with E-state index in [0.717, 1.165) is 34.4 Å². The molecular weight excluding hydrogens is 301 g/mol. The molecule has 1 aromatic rings. The Labute approximate surface area is 104 Å². The van der Waals surface area contributed by atoms with Crippen molar-refractivity contribution in [1.29, 1.82) is 0 Å². The van der Waals surface area contributed by atoms with Crippen molar-refractivity contribution >= 4 is 28.5 Å². The normalized spacial score (nSPS) is 21.3. The van der Waals surface area contributed by atoms with Gasteiger partial charge in [-0.25, -0.2) is 9.97 Å². The molecule has 4 heteroatoms. The summed E-state index contributed by atoms with van der Waals surface area (Å²) in [6, 6.07) is 0. The molecule has 1 aliphatic rings. The average Bonchev–Trinajstić information content (AvgIpc) is 2.68. The highest BCUT2D eigenvalue weighted by Crippen LogP contribution is 2.25. The second-order valence-corrected chi connectivity index (χ2v) is 5.69. The molecule has 2 heterocycles. The fourth-order valence-corrected chi connectivity index (χ4v) is 2.26. The smallest absolute Gasteiger partial charge is 0.225 e. The Hall–Kier alpha value is -0.390. The Morgan fingerprint density at radius 3 is 2.60 bits per heavy atom. The molecule has 0 spiro atoms. The third-order valence-corrected chi connectivity index (χ3v) is 3.61. The minimum absolute atomic E-state index is 0.763. The third kappa shape index (κ3) is 2.59. The van der Waals surface area contributed by atoms with Crippen LogP contribution in [0.3, 0.4) is 0 Å². The van der Waals surface area contributed by atoms with Crippen LogP contribution in [0.1, 0.15) is 20.3 Å². The van der Waals surface area contributed by atoms with Crippen LogP contribution in [-0.4, -0.2) is 23.1 Å². The van der Waals surface area contributed by atoms with Gasteiger partial charge in [0.25, 0.3) is 0 Å². The molecule has 15 heavy (non-hydrogen) atoms. The van der Waals surface area contributed by atoms with Gasteiger partial charge in [-0.2, -0.15) is 0 Å². The molecule has 0 bridgehead atoms. The van der Waals surface area contributed by atoms with Gasteiger partial charge < -0.3 is 4.90 Å². The lowest BCUT2D eigenvalue weighted by atomic mass is 9.95. The standard InChI is InChI=1S/C11H16IN3/c1-8(2)9-3-4-15(7-9)11-13-5-10(12)6-14-11/h5-6,8-9H,3-4,7H2,1-2H3. The molecule has 1 fully saturated rings. The van der Waals surface area contributed by atoms with Gasteiger partial charge in [-0.15, -0.1) is 0 Å². The van der Waals surface area contributed by atoms with Crippen molar-refractivity contribution in [3.05, 3.63) is 16.0 Å². The molecule has 1 aliphatic heterocycles. The Morgan fingerprint density at radius 1 is 1.40 bits per heavy atom. The molecule has 0 radical (unpaired) electrons. The summed E-state index contributed by atoms with van der Waals surface area (Å²) in [6.45, 7) is 6.80. The number of nitrogens with zero attached hydrogens (tertiary/aromatic N) is 3. The van der Waals surface area contributed by atoms with Crippen molar-refractivity contribution in [2.24, 2.45) is 11.8 Å². The maximum absolute atomic E-state index is 4.36. The SMILES string of the molecule is CC(C)C1CCN(c2ncc(I)cn2)C1. The predicted octanol–water partition coefficient (Wildman–Crippen LogP) is 2.56. The van der Waals surface area contributed by atoms with Crippen LogP contribution in [0.2, 0.25) is 0 Å². The monoisotopic (exact) mass is 317 g/mol. The molecule has 3 nitrogen and oxygen atoms in total. The van der Waals surface area contributed by atoms with Crippen LogP contribution in [-0.2, 0) is 0 Å². The number of aromatic nitrogens is 2. The lowest BCUT2D eigenvalue weighted by Crippen LogP contribution is -2.23. The highest BCUT2D eigenvalue weighted by atomic mass is 127. The summed E-state index contributed by atoms with van der Waals surface area (Å²) in [5.41, 5.74) is 0. The zero-order chi connectivity index (χ0) is 10.8. The topological polar surface area (TPSA) is 29.0 Å². The first kappa shape index (κ1) is 11.1. The first-order chi connectivity index (χ1) is 7.16. The molecule has 0 N–H and O–H groups in total. The van der Waals surface area contributed by atoms with Gasteiger partial charge >= 0.3 is 0 Å². The minimum Gasteiger partial charge on any atom is -0.341 e. The van der Waals surface area contributed by atoms with Crippen molar-refractivity contribution in [3.8, 4) is 0 Å². The second-order valence-electron chi connectivity index (χ2n) is 4.44. The Bertz CT molecular complexity index is 323. The molecule has 1 atom stereocenters. The van der Waals surface area contributed by atoms with Crippen LogP contribution in [0.4, 0.5) is 5.95 Å². The summed E-state index contributed by atoms with van der Waals surface area (Å²) in [4.78, 5) is 11.0. The molecule has 0 saturated carbocycles. The second kappa shape index (κ2) is 4.63. The number of hydrogen-bond donors (Lipinski definition) is 0. The Balaban J connectivity index is 2.04. The van der Waals surface area contributed by atoms with E-state index in [0.29, 0.717) is 0 Å². The molecule has 0 amide bonds. The molecule has 1 unspecified atom stereocenters. The van der Waals surface area contributed by atoms with Crippen LogP contribution < -0.4 is 4.90 Å². The van der Waals surface area contributed by atoms with E-state index in [4.69, 9.17) is 0 Å². The fraction of sp³-hybridized carbons (Fsp3) is 0.636. The van der Waals surface area contributed by atoms with E-state index in [1.165, 1.54) is 6.42 Å². The van der Waals surface area contributed by atoms with Crippen molar-refractivity contribution in [2.75, 3.05) is 18.0 Å². The van der Waals surface area contributed by atoms with Crippen molar-refractivity contribution in [1.82, 2.24) is 9.97 Å². The largest absolute Gasteiger partial charge is 0.341 e. The lowest BCUT2D eigenvalue weighted by Gasteiger charge is -2.17. The average molecular weight is 317 g/mol. The molecular formula is C11H16IN3. The number of hydrogen-bond acceptors (Lipinski definition) is 3. The molecule has 0 aliphatic carbocycles. The van der Waals surface area contributed by atoms with E-state index in [9.17, 15) is 0 Å². The van der Waals surface area contributed by atoms with Gasteiger partial charge in [-0.1, -0.05) is 13.8 Å². The van der Waals surface area contributed by atoms with E-state index < -0.39 is 0 Å². The maximum atomic E-state index is 4.36. The van der Waals surface area contributed by atoms with Gasteiger partial charge in [0.15, 0.2) is 0 Å². The van der Waals surface area contributed by atoms with Crippen LogP contribution in [0, 0.1) is 15.4 Å². The quantitative estimate of drug-likeness (QED) is 0.785.